The van der Waals surface area contributed by atoms with E-state index in [2.05, 4.69) is 9.71 Å². The van der Waals surface area contributed by atoms with E-state index in [1.807, 2.05) is 0 Å². The predicted molar refractivity (Wildman–Crippen MR) is 74.7 cm³/mol. The molecule has 0 amide bonds. The van der Waals surface area contributed by atoms with E-state index in [1.54, 1.807) is 43.6 Å². The van der Waals surface area contributed by atoms with Crippen molar-refractivity contribution in [2.45, 2.75) is 25.0 Å². The number of ether oxygens (including phenoxy) is 1. The second kappa shape index (κ2) is 4.88. The Hall–Kier alpha value is -1.92. The molecule has 2 aromatic rings. The Morgan fingerprint density at radius 2 is 2.00 bits per heavy atom. The Morgan fingerprint density at radius 1 is 1.20 bits per heavy atom. The minimum atomic E-state index is -3.59. The number of benzene rings is 1. The SMILES string of the molecule is Cc1cnccc1NS(=O)(=O)c1ccc2c(c1)COC2. The highest BCUT2D eigenvalue weighted by Crippen LogP contribution is 2.25. The van der Waals surface area contributed by atoms with Crippen LogP contribution in [-0.2, 0) is 28.0 Å². The van der Waals surface area contributed by atoms with E-state index in [0.29, 0.717) is 18.9 Å². The van der Waals surface area contributed by atoms with Crippen LogP contribution in [0.2, 0.25) is 0 Å². The average Bonchev–Trinajstić information content (AvgIpc) is 2.88. The summed E-state index contributed by atoms with van der Waals surface area (Å²) in [6.07, 6.45) is 3.18. The van der Waals surface area contributed by atoms with Gasteiger partial charge in [-0.2, -0.15) is 0 Å². The van der Waals surface area contributed by atoms with Crippen molar-refractivity contribution < 1.29 is 13.2 Å². The van der Waals surface area contributed by atoms with Gasteiger partial charge in [0.05, 0.1) is 23.8 Å². The standard InChI is InChI=1S/C14H14N2O3S/c1-10-7-15-5-4-14(10)16-20(17,18)13-3-2-11-8-19-9-12(11)6-13/h2-7H,8-9H2,1H3,(H,15,16). The molecule has 0 bridgehead atoms. The minimum Gasteiger partial charge on any atom is -0.372 e. The maximum Gasteiger partial charge on any atom is 0.261 e. The highest BCUT2D eigenvalue weighted by atomic mass is 32.2. The molecule has 0 saturated heterocycles. The molecule has 0 fully saturated rings. The number of rotatable bonds is 3. The normalized spacial score (nSPS) is 14.1. The van der Waals surface area contributed by atoms with Gasteiger partial charge in [-0.3, -0.25) is 9.71 Å². The van der Waals surface area contributed by atoms with Gasteiger partial charge in [-0.25, -0.2) is 8.42 Å². The number of aromatic nitrogens is 1. The number of hydrogen-bond acceptors (Lipinski definition) is 4. The summed E-state index contributed by atoms with van der Waals surface area (Å²) >= 11 is 0. The van der Waals surface area contributed by atoms with Crippen LogP contribution in [0.15, 0.2) is 41.6 Å². The molecule has 5 nitrogen and oxygen atoms in total. The molecule has 6 heteroatoms. The van der Waals surface area contributed by atoms with Gasteiger partial charge in [0.25, 0.3) is 10.0 Å². The number of hydrogen-bond donors (Lipinski definition) is 1. The van der Waals surface area contributed by atoms with Crippen molar-refractivity contribution in [1.29, 1.82) is 0 Å². The quantitative estimate of drug-likeness (QED) is 0.941. The Kier molecular flexibility index (Phi) is 3.19. The van der Waals surface area contributed by atoms with Gasteiger partial charge in [0.15, 0.2) is 0 Å². The molecule has 0 atom stereocenters. The number of fused-ring (bicyclic) bond motifs is 1. The smallest absolute Gasteiger partial charge is 0.261 e. The van der Waals surface area contributed by atoms with Gasteiger partial charge in [-0.15, -0.1) is 0 Å². The van der Waals surface area contributed by atoms with Gasteiger partial charge in [0.1, 0.15) is 0 Å². The number of aryl methyl sites for hydroxylation is 1. The van der Waals surface area contributed by atoms with Gasteiger partial charge in [0.2, 0.25) is 0 Å². The molecule has 2 heterocycles. The van der Waals surface area contributed by atoms with Gasteiger partial charge in [0, 0.05) is 12.4 Å². The molecule has 1 aliphatic rings. The molecular formula is C14H14N2O3S. The minimum absolute atomic E-state index is 0.248. The maximum absolute atomic E-state index is 12.4. The van der Waals surface area contributed by atoms with E-state index in [0.717, 1.165) is 16.7 Å². The topological polar surface area (TPSA) is 68.3 Å². The summed E-state index contributed by atoms with van der Waals surface area (Å²) in [5.74, 6) is 0. The van der Waals surface area contributed by atoms with Crippen LogP contribution in [0, 0.1) is 6.92 Å². The lowest BCUT2D eigenvalue weighted by molar-refractivity contribution is 0.134. The summed E-state index contributed by atoms with van der Waals surface area (Å²) in [6, 6.07) is 6.72. The zero-order chi connectivity index (χ0) is 14.2. The average molecular weight is 290 g/mol. The second-order valence-corrected chi connectivity index (χ2v) is 6.40. The number of sulfonamides is 1. The van der Waals surface area contributed by atoms with E-state index in [9.17, 15) is 8.42 Å². The van der Waals surface area contributed by atoms with Crippen molar-refractivity contribution in [3.8, 4) is 0 Å². The molecule has 3 rings (SSSR count). The van der Waals surface area contributed by atoms with Crippen LogP contribution in [0.1, 0.15) is 16.7 Å². The molecule has 0 aliphatic carbocycles. The Bertz CT molecular complexity index is 757. The Morgan fingerprint density at radius 3 is 2.80 bits per heavy atom. The largest absolute Gasteiger partial charge is 0.372 e. The molecule has 104 valence electrons. The van der Waals surface area contributed by atoms with Crippen LogP contribution in [0.25, 0.3) is 0 Å². The maximum atomic E-state index is 12.4. The zero-order valence-electron chi connectivity index (χ0n) is 11.0. The van der Waals surface area contributed by atoms with Gasteiger partial charge >= 0.3 is 0 Å². The van der Waals surface area contributed by atoms with E-state index < -0.39 is 10.0 Å². The summed E-state index contributed by atoms with van der Waals surface area (Å²) in [6.45, 7) is 2.82. The monoisotopic (exact) mass is 290 g/mol. The van der Waals surface area contributed by atoms with Gasteiger partial charge < -0.3 is 4.74 Å². The third-order valence-corrected chi connectivity index (χ3v) is 4.63. The van der Waals surface area contributed by atoms with Crippen molar-refractivity contribution in [1.82, 2.24) is 4.98 Å². The Labute approximate surface area is 117 Å². The highest BCUT2D eigenvalue weighted by Gasteiger charge is 2.19. The molecule has 1 aliphatic heterocycles. The first-order valence-corrected chi connectivity index (χ1v) is 7.67. The van der Waals surface area contributed by atoms with Gasteiger partial charge in [-0.05, 0) is 41.8 Å². The number of pyridine rings is 1. The van der Waals surface area contributed by atoms with Crippen LogP contribution in [0.3, 0.4) is 0 Å². The first-order chi connectivity index (χ1) is 9.56. The summed E-state index contributed by atoms with van der Waals surface area (Å²) < 4.78 is 32.6. The number of nitrogens with one attached hydrogen (secondary N) is 1. The number of anilines is 1. The summed E-state index contributed by atoms with van der Waals surface area (Å²) in [4.78, 5) is 4.19. The molecule has 1 aromatic heterocycles. The molecule has 0 spiro atoms. The first-order valence-electron chi connectivity index (χ1n) is 6.19. The molecule has 0 unspecified atom stereocenters. The third kappa shape index (κ3) is 2.39. The van der Waals surface area contributed by atoms with Crippen molar-refractivity contribution in [3.63, 3.8) is 0 Å². The molecule has 0 saturated carbocycles. The second-order valence-electron chi connectivity index (χ2n) is 4.72. The van der Waals surface area contributed by atoms with Crippen molar-refractivity contribution in [2.24, 2.45) is 0 Å². The van der Waals surface area contributed by atoms with Gasteiger partial charge in [-0.1, -0.05) is 6.07 Å². The summed E-state index contributed by atoms with van der Waals surface area (Å²) in [7, 11) is -3.59. The van der Waals surface area contributed by atoms with E-state index in [4.69, 9.17) is 4.74 Å². The van der Waals surface area contributed by atoms with Crippen molar-refractivity contribution in [2.75, 3.05) is 4.72 Å². The lowest BCUT2D eigenvalue weighted by Crippen LogP contribution is -2.14. The third-order valence-electron chi connectivity index (χ3n) is 3.27. The van der Waals surface area contributed by atoms with Crippen LogP contribution in [0.5, 0.6) is 0 Å². The predicted octanol–water partition coefficient (Wildman–Crippen LogP) is 2.22. The van der Waals surface area contributed by atoms with Crippen LogP contribution < -0.4 is 4.72 Å². The Balaban J connectivity index is 1.94. The van der Waals surface area contributed by atoms with Crippen molar-refractivity contribution in [3.05, 3.63) is 53.3 Å². The van der Waals surface area contributed by atoms with E-state index >= 15 is 0 Å². The van der Waals surface area contributed by atoms with Crippen LogP contribution in [-0.4, -0.2) is 13.4 Å². The van der Waals surface area contributed by atoms with E-state index in [-0.39, 0.29) is 4.90 Å². The van der Waals surface area contributed by atoms with E-state index in [1.165, 1.54) is 0 Å². The summed E-state index contributed by atoms with van der Waals surface area (Å²) in [5, 5.41) is 0. The lowest BCUT2D eigenvalue weighted by atomic mass is 10.1. The van der Waals surface area contributed by atoms with Crippen LogP contribution >= 0.6 is 0 Å². The molecule has 20 heavy (non-hydrogen) atoms. The fourth-order valence-corrected chi connectivity index (χ4v) is 3.29. The first kappa shape index (κ1) is 13.1. The summed E-state index contributed by atoms with van der Waals surface area (Å²) in [5.41, 5.74) is 3.29. The van der Waals surface area contributed by atoms with Crippen LogP contribution in [0.4, 0.5) is 5.69 Å². The number of nitrogens with zero attached hydrogens (tertiary/aromatic N) is 1. The molecule has 0 radical (unpaired) electrons. The fraction of sp³-hybridized carbons (Fsp3) is 0.214. The molecule has 1 N–H and O–H groups in total. The molecule has 1 aromatic carbocycles. The molecular weight excluding hydrogens is 276 g/mol. The fourth-order valence-electron chi connectivity index (χ4n) is 2.11. The lowest BCUT2D eigenvalue weighted by Gasteiger charge is -2.10. The van der Waals surface area contributed by atoms with Crippen molar-refractivity contribution >= 4 is 15.7 Å². The highest BCUT2D eigenvalue weighted by molar-refractivity contribution is 7.92. The zero-order valence-corrected chi connectivity index (χ0v) is 11.8.